The molecular weight excluding hydrogens is 407 g/mol. The Labute approximate surface area is 177 Å². The van der Waals surface area contributed by atoms with E-state index in [4.69, 9.17) is 4.74 Å². The highest BCUT2D eigenvalue weighted by molar-refractivity contribution is 7.89. The van der Waals surface area contributed by atoms with Crippen LogP contribution in [0.4, 0.5) is 4.39 Å². The molecule has 30 heavy (non-hydrogen) atoms. The lowest BCUT2D eigenvalue weighted by molar-refractivity contribution is 0.0936. The number of amides is 1. The summed E-state index contributed by atoms with van der Waals surface area (Å²) in [4.78, 5) is 13.0. The summed E-state index contributed by atoms with van der Waals surface area (Å²) in [6, 6.07) is 9.76. The number of nitrogens with zero attached hydrogens (tertiary/aromatic N) is 1. The van der Waals surface area contributed by atoms with Gasteiger partial charge in [-0.3, -0.25) is 4.79 Å². The van der Waals surface area contributed by atoms with Gasteiger partial charge in [0.05, 0.1) is 23.6 Å². The van der Waals surface area contributed by atoms with Crippen LogP contribution in [-0.4, -0.2) is 38.8 Å². The molecule has 1 aliphatic rings. The first kappa shape index (κ1) is 22.2. The van der Waals surface area contributed by atoms with Gasteiger partial charge in [-0.1, -0.05) is 19.1 Å². The number of piperidine rings is 1. The van der Waals surface area contributed by atoms with Crippen molar-refractivity contribution in [1.82, 2.24) is 9.62 Å². The number of hydrogen-bond donors (Lipinski definition) is 1. The van der Waals surface area contributed by atoms with Gasteiger partial charge in [0.2, 0.25) is 10.0 Å². The van der Waals surface area contributed by atoms with Crippen LogP contribution in [0.3, 0.4) is 0 Å². The van der Waals surface area contributed by atoms with Gasteiger partial charge in [0, 0.05) is 13.1 Å². The topological polar surface area (TPSA) is 75.7 Å². The Kier molecular flexibility index (Phi) is 6.77. The molecule has 8 heteroatoms. The molecule has 1 saturated heterocycles. The highest BCUT2D eigenvalue weighted by atomic mass is 32.2. The van der Waals surface area contributed by atoms with E-state index in [1.54, 1.807) is 19.1 Å². The van der Waals surface area contributed by atoms with E-state index in [1.165, 1.54) is 41.7 Å². The van der Waals surface area contributed by atoms with Crippen LogP contribution in [0.1, 0.15) is 48.7 Å². The van der Waals surface area contributed by atoms with Gasteiger partial charge in [-0.05, 0) is 61.6 Å². The van der Waals surface area contributed by atoms with Gasteiger partial charge in [-0.15, -0.1) is 0 Å². The molecule has 0 aromatic heterocycles. The van der Waals surface area contributed by atoms with Gasteiger partial charge in [-0.2, -0.15) is 4.31 Å². The molecule has 1 heterocycles. The fourth-order valence-corrected chi connectivity index (χ4v) is 5.00. The van der Waals surface area contributed by atoms with Crippen LogP contribution in [0, 0.1) is 11.7 Å². The summed E-state index contributed by atoms with van der Waals surface area (Å²) in [5, 5.41) is 2.82. The third kappa shape index (κ3) is 4.82. The summed E-state index contributed by atoms with van der Waals surface area (Å²) in [7, 11) is -2.27. The fourth-order valence-electron chi connectivity index (χ4n) is 3.51. The van der Waals surface area contributed by atoms with E-state index in [9.17, 15) is 17.6 Å². The number of halogens is 1. The van der Waals surface area contributed by atoms with E-state index < -0.39 is 22.0 Å². The van der Waals surface area contributed by atoms with Gasteiger partial charge < -0.3 is 10.1 Å². The zero-order chi connectivity index (χ0) is 21.9. The molecule has 0 bridgehead atoms. The van der Waals surface area contributed by atoms with E-state index in [2.05, 4.69) is 12.2 Å². The van der Waals surface area contributed by atoms with Crippen LogP contribution in [-0.2, 0) is 10.0 Å². The molecule has 1 atom stereocenters. The van der Waals surface area contributed by atoms with Crippen molar-refractivity contribution in [2.45, 2.75) is 37.6 Å². The molecule has 1 fully saturated rings. The second kappa shape index (κ2) is 9.14. The second-order valence-corrected chi connectivity index (χ2v) is 9.63. The minimum Gasteiger partial charge on any atom is -0.496 e. The molecule has 162 valence electrons. The molecule has 1 unspecified atom stereocenters. The lowest BCUT2D eigenvalue weighted by Crippen LogP contribution is -2.38. The summed E-state index contributed by atoms with van der Waals surface area (Å²) >= 11 is 0. The maximum absolute atomic E-state index is 13.1. The monoisotopic (exact) mass is 434 g/mol. The minimum absolute atomic E-state index is 0.0671. The summed E-state index contributed by atoms with van der Waals surface area (Å²) in [6.07, 6.45) is 1.63. The normalized spacial score (nSPS) is 16.8. The molecular formula is C22H27FN2O4S. The summed E-state index contributed by atoms with van der Waals surface area (Å²) < 4.78 is 46.0. The molecule has 1 amide bonds. The number of methoxy groups -OCH3 is 1. The first-order chi connectivity index (χ1) is 14.2. The molecule has 2 aromatic carbocycles. The average Bonchev–Trinajstić information content (AvgIpc) is 2.74. The molecule has 1 aliphatic heterocycles. The van der Waals surface area contributed by atoms with Crippen molar-refractivity contribution >= 4 is 15.9 Å². The van der Waals surface area contributed by atoms with Crippen LogP contribution in [0.25, 0.3) is 0 Å². The number of hydrogen-bond acceptors (Lipinski definition) is 4. The SMILES string of the molecule is COc1ccc(S(=O)(=O)N2CCC(C)CC2)cc1C(=O)NC(C)c1ccc(F)cc1. The summed E-state index contributed by atoms with van der Waals surface area (Å²) in [5.74, 6) is -0.0384. The van der Waals surface area contributed by atoms with Crippen LogP contribution in [0.2, 0.25) is 0 Å². The predicted molar refractivity (Wildman–Crippen MR) is 112 cm³/mol. The third-order valence-electron chi connectivity index (χ3n) is 5.51. The minimum atomic E-state index is -3.70. The first-order valence-electron chi connectivity index (χ1n) is 9.97. The number of benzene rings is 2. The van der Waals surface area contributed by atoms with Crippen LogP contribution in [0.15, 0.2) is 47.4 Å². The maximum Gasteiger partial charge on any atom is 0.255 e. The average molecular weight is 435 g/mol. The number of sulfonamides is 1. The van der Waals surface area contributed by atoms with Crippen molar-refractivity contribution in [3.63, 3.8) is 0 Å². The standard InChI is InChI=1S/C22H27FN2O4S/c1-15-10-12-25(13-11-15)30(27,28)19-8-9-21(29-3)20(14-19)22(26)24-16(2)17-4-6-18(23)7-5-17/h4-9,14-16H,10-13H2,1-3H3,(H,24,26). The zero-order valence-electron chi connectivity index (χ0n) is 17.4. The Morgan fingerprint density at radius 3 is 2.40 bits per heavy atom. The quantitative estimate of drug-likeness (QED) is 0.751. The van der Waals surface area contributed by atoms with E-state index in [1.807, 2.05) is 0 Å². The van der Waals surface area contributed by atoms with Crippen LogP contribution < -0.4 is 10.1 Å². The lowest BCUT2D eigenvalue weighted by atomic mass is 10.0. The predicted octanol–water partition coefficient (Wildman–Crippen LogP) is 3.75. The van der Waals surface area contributed by atoms with Crippen molar-refractivity contribution < 1.29 is 22.3 Å². The van der Waals surface area contributed by atoms with Gasteiger partial charge >= 0.3 is 0 Å². The van der Waals surface area contributed by atoms with E-state index >= 15 is 0 Å². The van der Waals surface area contributed by atoms with Crippen molar-refractivity contribution in [2.24, 2.45) is 5.92 Å². The van der Waals surface area contributed by atoms with Crippen molar-refractivity contribution in [3.8, 4) is 5.75 Å². The molecule has 0 spiro atoms. The van der Waals surface area contributed by atoms with Gasteiger partial charge in [0.25, 0.3) is 5.91 Å². The number of rotatable bonds is 6. The second-order valence-electron chi connectivity index (χ2n) is 7.70. The first-order valence-corrected chi connectivity index (χ1v) is 11.4. The van der Waals surface area contributed by atoms with Crippen molar-refractivity contribution in [1.29, 1.82) is 0 Å². The highest BCUT2D eigenvalue weighted by Gasteiger charge is 2.29. The molecule has 0 saturated carbocycles. The number of carbonyl (C=O) groups is 1. The maximum atomic E-state index is 13.1. The van der Waals surface area contributed by atoms with Crippen LogP contribution >= 0.6 is 0 Å². The Morgan fingerprint density at radius 2 is 1.80 bits per heavy atom. The Hall–Kier alpha value is -2.45. The number of nitrogens with one attached hydrogen (secondary N) is 1. The summed E-state index contributed by atoms with van der Waals surface area (Å²) in [5.41, 5.74) is 0.868. The van der Waals surface area contributed by atoms with Gasteiger partial charge in [-0.25, -0.2) is 12.8 Å². The van der Waals surface area contributed by atoms with E-state index in [-0.39, 0.29) is 22.0 Å². The molecule has 2 aromatic rings. The number of ether oxygens (including phenoxy) is 1. The van der Waals surface area contributed by atoms with Gasteiger partial charge in [0.1, 0.15) is 11.6 Å². The van der Waals surface area contributed by atoms with E-state index in [0.717, 1.165) is 18.4 Å². The molecule has 6 nitrogen and oxygen atoms in total. The Balaban J connectivity index is 1.85. The molecule has 3 rings (SSSR count). The molecule has 1 N–H and O–H groups in total. The molecule has 0 aliphatic carbocycles. The molecule has 0 radical (unpaired) electrons. The van der Waals surface area contributed by atoms with E-state index in [0.29, 0.717) is 19.0 Å². The fraction of sp³-hybridized carbons (Fsp3) is 0.409. The smallest absolute Gasteiger partial charge is 0.255 e. The number of carbonyl (C=O) groups excluding carboxylic acids is 1. The largest absolute Gasteiger partial charge is 0.496 e. The van der Waals surface area contributed by atoms with Crippen LogP contribution in [0.5, 0.6) is 5.75 Å². The zero-order valence-corrected chi connectivity index (χ0v) is 18.2. The third-order valence-corrected chi connectivity index (χ3v) is 7.41. The highest BCUT2D eigenvalue weighted by Crippen LogP contribution is 2.28. The Bertz CT molecular complexity index is 1000. The Morgan fingerprint density at radius 1 is 1.17 bits per heavy atom. The lowest BCUT2D eigenvalue weighted by Gasteiger charge is -2.29. The van der Waals surface area contributed by atoms with Crippen molar-refractivity contribution in [2.75, 3.05) is 20.2 Å². The van der Waals surface area contributed by atoms with Gasteiger partial charge in [0.15, 0.2) is 0 Å². The summed E-state index contributed by atoms with van der Waals surface area (Å²) in [6.45, 7) is 4.83. The van der Waals surface area contributed by atoms with Crippen molar-refractivity contribution in [3.05, 3.63) is 59.4 Å².